The number of amides is 1. The van der Waals surface area contributed by atoms with Crippen molar-refractivity contribution >= 4 is 11.6 Å². The number of nitrogens with one attached hydrogen (secondary N) is 1. The van der Waals surface area contributed by atoms with Crippen LogP contribution in [0, 0.1) is 5.92 Å². The highest BCUT2D eigenvalue weighted by Crippen LogP contribution is 2.29. The molecular formula is C16H20N4O. The van der Waals surface area contributed by atoms with Crippen LogP contribution in [-0.2, 0) is 0 Å². The van der Waals surface area contributed by atoms with Gasteiger partial charge in [0.1, 0.15) is 0 Å². The molecule has 5 nitrogen and oxygen atoms in total. The molecule has 0 saturated heterocycles. The number of hydrogen-bond donors (Lipinski definition) is 2. The van der Waals surface area contributed by atoms with Gasteiger partial charge in [0.05, 0.1) is 11.4 Å². The lowest BCUT2D eigenvalue weighted by molar-refractivity contribution is 0.0904. The molecule has 1 aromatic heterocycles. The van der Waals surface area contributed by atoms with Crippen molar-refractivity contribution < 1.29 is 4.79 Å². The molecule has 1 unspecified atom stereocenters. The number of benzene rings is 1. The molecule has 0 aliphatic heterocycles. The Morgan fingerprint density at radius 3 is 2.81 bits per heavy atom. The van der Waals surface area contributed by atoms with Gasteiger partial charge in [0.15, 0.2) is 5.69 Å². The summed E-state index contributed by atoms with van der Waals surface area (Å²) in [5, 5.41) is 7.35. The topological polar surface area (TPSA) is 72.9 Å². The average Bonchev–Trinajstić information content (AvgIpc) is 2.86. The molecule has 1 aromatic carbocycles. The van der Waals surface area contributed by atoms with E-state index >= 15 is 0 Å². The maximum absolute atomic E-state index is 12.2. The summed E-state index contributed by atoms with van der Waals surface area (Å²) in [5.41, 5.74) is 7.76. The van der Waals surface area contributed by atoms with E-state index in [9.17, 15) is 4.79 Å². The van der Waals surface area contributed by atoms with Crippen molar-refractivity contribution in [2.24, 2.45) is 5.92 Å². The average molecular weight is 284 g/mol. The number of nitrogens with zero attached hydrogens (tertiary/aromatic N) is 2. The number of rotatable bonds is 4. The molecule has 1 aliphatic rings. The minimum atomic E-state index is -0.123. The van der Waals surface area contributed by atoms with Gasteiger partial charge in [0, 0.05) is 12.2 Å². The first-order chi connectivity index (χ1) is 10.1. The molecule has 3 rings (SSSR count). The summed E-state index contributed by atoms with van der Waals surface area (Å²) in [6.07, 6.45) is 5.44. The van der Waals surface area contributed by atoms with Gasteiger partial charge in [-0.1, -0.05) is 18.6 Å². The van der Waals surface area contributed by atoms with E-state index in [1.54, 1.807) is 16.9 Å². The second-order valence-electron chi connectivity index (χ2n) is 5.66. The van der Waals surface area contributed by atoms with Gasteiger partial charge in [-0.3, -0.25) is 4.79 Å². The third-order valence-electron chi connectivity index (χ3n) is 4.22. The summed E-state index contributed by atoms with van der Waals surface area (Å²) in [6.45, 7) is 2.06. The zero-order valence-electron chi connectivity index (χ0n) is 12.1. The Kier molecular flexibility index (Phi) is 3.64. The summed E-state index contributed by atoms with van der Waals surface area (Å²) in [6, 6.07) is 9.38. The fourth-order valence-electron chi connectivity index (χ4n) is 2.61. The summed E-state index contributed by atoms with van der Waals surface area (Å²) in [5.74, 6) is 0.489. The number of aromatic nitrogens is 2. The van der Waals surface area contributed by atoms with Crippen molar-refractivity contribution in [1.82, 2.24) is 15.1 Å². The van der Waals surface area contributed by atoms with Gasteiger partial charge in [0.25, 0.3) is 5.91 Å². The molecule has 1 amide bonds. The van der Waals surface area contributed by atoms with Crippen LogP contribution < -0.4 is 11.1 Å². The minimum absolute atomic E-state index is 0.123. The number of anilines is 1. The fraction of sp³-hybridized carbons (Fsp3) is 0.375. The van der Waals surface area contributed by atoms with Gasteiger partial charge < -0.3 is 11.1 Å². The number of hydrogen-bond acceptors (Lipinski definition) is 3. The van der Waals surface area contributed by atoms with E-state index in [-0.39, 0.29) is 11.9 Å². The Bertz CT molecular complexity index is 645. The van der Waals surface area contributed by atoms with E-state index in [1.165, 1.54) is 19.3 Å². The van der Waals surface area contributed by atoms with Gasteiger partial charge in [-0.05, 0) is 43.9 Å². The Balaban J connectivity index is 1.72. The molecular weight excluding hydrogens is 264 g/mol. The quantitative estimate of drug-likeness (QED) is 0.847. The summed E-state index contributed by atoms with van der Waals surface area (Å²) >= 11 is 0. The molecule has 0 radical (unpaired) electrons. The van der Waals surface area contributed by atoms with Gasteiger partial charge in [0.2, 0.25) is 0 Å². The van der Waals surface area contributed by atoms with Crippen molar-refractivity contribution in [3.8, 4) is 5.69 Å². The lowest BCUT2D eigenvalue weighted by atomic mass is 9.80. The number of nitrogens with two attached hydrogens (primary N) is 1. The molecule has 1 aliphatic carbocycles. The standard InChI is InChI=1S/C16H20N4O/c1-11(12-5-4-6-12)18-16(21)14-9-10-20(19-14)15-8-3-2-7-13(15)17/h2-3,7-12H,4-6,17H2,1H3,(H,18,21). The predicted molar refractivity (Wildman–Crippen MR) is 82.2 cm³/mol. The van der Waals surface area contributed by atoms with Crippen molar-refractivity contribution in [3.63, 3.8) is 0 Å². The molecule has 3 N–H and O–H groups in total. The number of carbonyl (C=O) groups excluding carboxylic acids is 1. The highest BCUT2D eigenvalue weighted by atomic mass is 16.2. The number of para-hydroxylation sites is 2. The Labute approximate surface area is 124 Å². The zero-order chi connectivity index (χ0) is 14.8. The molecule has 2 aromatic rings. The van der Waals surface area contributed by atoms with Crippen LogP contribution >= 0.6 is 0 Å². The van der Waals surface area contributed by atoms with Crippen LogP contribution in [0.2, 0.25) is 0 Å². The lowest BCUT2D eigenvalue weighted by Crippen LogP contribution is -2.40. The number of carbonyl (C=O) groups is 1. The van der Waals surface area contributed by atoms with E-state index in [0.717, 1.165) is 5.69 Å². The predicted octanol–water partition coefficient (Wildman–Crippen LogP) is 2.37. The van der Waals surface area contributed by atoms with Gasteiger partial charge in [-0.25, -0.2) is 4.68 Å². The SMILES string of the molecule is CC(NC(=O)c1ccn(-c2ccccc2N)n1)C1CCC1. The maximum atomic E-state index is 12.2. The van der Waals surface area contributed by atoms with Crippen LogP contribution in [0.4, 0.5) is 5.69 Å². The van der Waals surface area contributed by atoms with Crippen molar-refractivity contribution in [2.75, 3.05) is 5.73 Å². The molecule has 110 valence electrons. The highest BCUT2D eigenvalue weighted by molar-refractivity contribution is 5.92. The highest BCUT2D eigenvalue weighted by Gasteiger charge is 2.25. The van der Waals surface area contributed by atoms with E-state index in [2.05, 4.69) is 17.3 Å². The maximum Gasteiger partial charge on any atom is 0.272 e. The van der Waals surface area contributed by atoms with E-state index in [0.29, 0.717) is 17.3 Å². The van der Waals surface area contributed by atoms with Gasteiger partial charge >= 0.3 is 0 Å². The normalized spacial score (nSPS) is 16.2. The summed E-state index contributed by atoms with van der Waals surface area (Å²) < 4.78 is 1.64. The number of nitrogen functional groups attached to an aromatic ring is 1. The first kappa shape index (κ1) is 13.7. The molecule has 5 heteroatoms. The minimum Gasteiger partial charge on any atom is -0.397 e. The molecule has 21 heavy (non-hydrogen) atoms. The first-order valence-electron chi connectivity index (χ1n) is 7.36. The van der Waals surface area contributed by atoms with Crippen molar-refractivity contribution in [1.29, 1.82) is 0 Å². The smallest absolute Gasteiger partial charge is 0.272 e. The van der Waals surface area contributed by atoms with Crippen LogP contribution in [0.25, 0.3) is 5.69 Å². The summed E-state index contributed by atoms with van der Waals surface area (Å²) in [4.78, 5) is 12.2. The van der Waals surface area contributed by atoms with Crippen LogP contribution in [0.1, 0.15) is 36.7 Å². The van der Waals surface area contributed by atoms with Crippen molar-refractivity contribution in [2.45, 2.75) is 32.2 Å². The molecule has 1 fully saturated rings. The van der Waals surface area contributed by atoms with Gasteiger partial charge in [-0.15, -0.1) is 0 Å². The van der Waals surface area contributed by atoms with Crippen LogP contribution in [0.15, 0.2) is 36.5 Å². The van der Waals surface area contributed by atoms with Crippen LogP contribution in [-0.4, -0.2) is 21.7 Å². The molecule has 0 bridgehead atoms. The second kappa shape index (κ2) is 5.60. The molecule has 1 saturated carbocycles. The molecule has 1 heterocycles. The zero-order valence-corrected chi connectivity index (χ0v) is 12.1. The first-order valence-corrected chi connectivity index (χ1v) is 7.36. The summed E-state index contributed by atoms with van der Waals surface area (Å²) in [7, 11) is 0. The van der Waals surface area contributed by atoms with Crippen molar-refractivity contribution in [3.05, 3.63) is 42.2 Å². The Morgan fingerprint density at radius 2 is 2.14 bits per heavy atom. The van der Waals surface area contributed by atoms with E-state index in [4.69, 9.17) is 5.73 Å². The third-order valence-corrected chi connectivity index (χ3v) is 4.22. The molecule has 1 atom stereocenters. The third kappa shape index (κ3) is 2.77. The Morgan fingerprint density at radius 1 is 1.38 bits per heavy atom. The van der Waals surface area contributed by atoms with E-state index < -0.39 is 0 Å². The van der Waals surface area contributed by atoms with Crippen LogP contribution in [0.3, 0.4) is 0 Å². The fourth-order valence-corrected chi connectivity index (χ4v) is 2.61. The molecule has 0 spiro atoms. The van der Waals surface area contributed by atoms with E-state index in [1.807, 2.05) is 24.3 Å². The van der Waals surface area contributed by atoms with Gasteiger partial charge in [-0.2, -0.15) is 5.10 Å². The largest absolute Gasteiger partial charge is 0.397 e. The second-order valence-corrected chi connectivity index (χ2v) is 5.66. The lowest BCUT2D eigenvalue weighted by Gasteiger charge is -2.31. The van der Waals surface area contributed by atoms with Crippen LogP contribution in [0.5, 0.6) is 0 Å². The Hall–Kier alpha value is -2.30. The monoisotopic (exact) mass is 284 g/mol.